The van der Waals surface area contributed by atoms with E-state index in [1.165, 1.54) is 5.56 Å². The number of nitrogens with one attached hydrogen (secondary N) is 1. The zero-order valence-corrected chi connectivity index (χ0v) is 16.4. The van der Waals surface area contributed by atoms with Gasteiger partial charge in [-0.3, -0.25) is 9.59 Å². The Kier molecular flexibility index (Phi) is 5.16. The van der Waals surface area contributed by atoms with Crippen molar-refractivity contribution in [2.45, 2.75) is 51.6 Å². The molecule has 1 saturated carbocycles. The fourth-order valence-electron chi connectivity index (χ4n) is 4.68. The number of aryl methyl sites for hydroxylation is 1. The summed E-state index contributed by atoms with van der Waals surface area (Å²) in [4.78, 5) is 32.1. The molecule has 1 aromatic carbocycles. The molecule has 5 nitrogen and oxygen atoms in total. The van der Waals surface area contributed by atoms with Gasteiger partial charge in [0.05, 0.1) is 5.41 Å². The molecular weight excluding hydrogens is 350 g/mol. The number of likely N-dealkylation sites (tertiary alicyclic amines) is 1. The second kappa shape index (κ2) is 7.74. The van der Waals surface area contributed by atoms with Crippen LogP contribution in [0.1, 0.15) is 53.8 Å². The fraction of sp³-hybridized carbons (Fsp3) is 0.435. The molecule has 1 N–H and O–H groups in total. The van der Waals surface area contributed by atoms with Crippen LogP contribution in [0.15, 0.2) is 48.5 Å². The molecule has 4 rings (SSSR count). The lowest BCUT2D eigenvalue weighted by atomic mass is 9.71. The summed E-state index contributed by atoms with van der Waals surface area (Å²) in [6.07, 6.45) is 4.43. The third kappa shape index (κ3) is 3.79. The number of carbonyl (C=O) groups excluding carboxylic acids is 2. The number of carbonyl (C=O) groups is 2. The number of rotatable bonds is 4. The van der Waals surface area contributed by atoms with E-state index >= 15 is 0 Å². The van der Waals surface area contributed by atoms with E-state index in [1.54, 1.807) is 6.07 Å². The summed E-state index contributed by atoms with van der Waals surface area (Å²) in [6.45, 7) is 3.35. The Morgan fingerprint density at radius 1 is 1.18 bits per heavy atom. The first-order valence-electron chi connectivity index (χ1n) is 10.1. The van der Waals surface area contributed by atoms with Crippen LogP contribution in [0.5, 0.6) is 0 Å². The Bertz CT molecular complexity index is 867. The van der Waals surface area contributed by atoms with Crippen LogP contribution in [0.2, 0.25) is 0 Å². The molecule has 0 bridgehead atoms. The van der Waals surface area contributed by atoms with Crippen LogP contribution in [0.4, 0.5) is 0 Å². The van der Waals surface area contributed by atoms with Gasteiger partial charge in [0.25, 0.3) is 5.91 Å². The summed E-state index contributed by atoms with van der Waals surface area (Å²) in [7, 11) is 0. The maximum atomic E-state index is 13.2. The first-order valence-corrected chi connectivity index (χ1v) is 10.1. The number of hydrogen-bond donors (Lipinski definition) is 1. The van der Waals surface area contributed by atoms with Gasteiger partial charge in [-0.15, -0.1) is 0 Å². The van der Waals surface area contributed by atoms with E-state index in [4.69, 9.17) is 0 Å². The molecule has 2 fully saturated rings. The zero-order valence-electron chi connectivity index (χ0n) is 16.4. The summed E-state index contributed by atoms with van der Waals surface area (Å²) < 4.78 is 0. The quantitative estimate of drug-likeness (QED) is 0.887. The molecule has 1 saturated heterocycles. The van der Waals surface area contributed by atoms with Gasteiger partial charge in [0.2, 0.25) is 5.91 Å². The Hall–Kier alpha value is -2.69. The van der Waals surface area contributed by atoms with Crippen LogP contribution in [0.25, 0.3) is 0 Å². The fourth-order valence-corrected chi connectivity index (χ4v) is 4.68. The van der Waals surface area contributed by atoms with Gasteiger partial charge in [0.15, 0.2) is 0 Å². The average Bonchev–Trinajstić information content (AvgIpc) is 2.98. The molecule has 0 radical (unpaired) electrons. The minimum Gasteiger partial charge on any atom is -0.348 e. The highest BCUT2D eigenvalue weighted by Gasteiger charge is 2.49. The Labute approximate surface area is 166 Å². The lowest BCUT2D eigenvalue weighted by Gasteiger charge is -2.36. The molecule has 2 atom stereocenters. The number of pyridine rings is 1. The van der Waals surface area contributed by atoms with Crippen LogP contribution in [-0.4, -0.2) is 34.3 Å². The van der Waals surface area contributed by atoms with Crippen molar-refractivity contribution in [3.63, 3.8) is 0 Å². The lowest BCUT2D eigenvalue weighted by molar-refractivity contribution is -0.138. The molecular formula is C23H27N3O2. The second-order valence-electron chi connectivity index (χ2n) is 8.17. The number of benzene rings is 1. The van der Waals surface area contributed by atoms with Crippen LogP contribution < -0.4 is 5.32 Å². The van der Waals surface area contributed by atoms with Gasteiger partial charge in [-0.2, -0.15) is 0 Å². The molecule has 2 aromatic rings. The molecule has 5 heteroatoms. The van der Waals surface area contributed by atoms with Crippen molar-refractivity contribution in [3.05, 3.63) is 65.5 Å². The van der Waals surface area contributed by atoms with Crippen molar-refractivity contribution in [1.29, 1.82) is 0 Å². The molecule has 2 aliphatic rings. The van der Waals surface area contributed by atoms with Crippen molar-refractivity contribution in [2.24, 2.45) is 5.41 Å². The molecule has 1 spiro atoms. The van der Waals surface area contributed by atoms with E-state index in [9.17, 15) is 9.59 Å². The second-order valence-corrected chi connectivity index (χ2v) is 8.17. The predicted molar refractivity (Wildman–Crippen MR) is 108 cm³/mol. The standard InChI is InChI=1S/C23H27N3O2/c1-17-7-5-11-20(24-17)21(27)25-19-10-6-12-23(15-19)13-14-26(22(23)28)16-18-8-3-2-4-9-18/h2-5,7-9,11,19H,6,10,12-16H2,1H3,(H,25,27). The molecule has 1 aliphatic carbocycles. The molecule has 28 heavy (non-hydrogen) atoms. The van der Waals surface area contributed by atoms with E-state index in [0.717, 1.165) is 44.3 Å². The summed E-state index contributed by atoms with van der Waals surface area (Å²) in [5, 5.41) is 3.13. The summed E-state index contributed by atoms with van der Waals surface area (Å²) in [6, 6.07) is 15.6. The Morgan fingerprint density at radius 2 is 2.00 bits per heavy atom. The smallest absolute Gasteiger partial charge is 0.270 e. The first kappa shape index (κ1) is 18.7. The van der Waals surface area contributed by atoms with Crippen molar-refractivity contribution in [2.75, 3.05) is 6.54 Å². The van der Waals surface area contributed by atoms with E-state index in [1.807, 2.05) is 42.2 Å². The Morgan fingerprint density at radius 3 is 2.79 bits per heavy atom. The summed E-state index contributed by atoms with van der Waals surface area (Å²) in [5.41, 5.74) is 2.13. The van der Waals surface area contributed by atoms with Crippen LogP contribution >= 0.6 is 0 Å². The minimum atomic E-state index is -0.314. The molecule has 2 amide bonds. The molecule has 1 aromatic heterocycles. The van der Waals surface area contributed by atoms with Gasteiger partial charge >= 0.3 is 0 Å². The van der Waals surface area contributed by atoms with Gasteiger partial charge in [-0.05, 0) is 50.3 Å². The lowest BCUT2D eigenvalue weighted by Crippen LogP contribution is -2.45. The molecule has 146 valence electrons. The number of amides is 2. The van der Waals surface area contributed by atoms with Gasteiger partial charge < -0.3 is 10.2 Å². The normalized spacial score (nSPS) is 24.5. The first-order chi connectivity index (χ1) is 13.6. The largest absolute Gasteiger partial charge is 0.348 e. The van der Waals surface area contributed by atoms with Gasteiger partial charge in [-0.25, -0.2) is 4.98 Å². The predicted octanol–water partition coefficient (Wildman–Crippen LogP) is 3.48. The molecule has 2 unspecified atom stereocenters. The van der Waals surface area contributed by atoms with E-state index in [-0.39, 0.29) is 23.3 Å². The SMILES string of the molecule is Cc1cccc(C(=O)NC2CCCC3(CCN(Cc4ccccc4)C3=O)C2)n1. The summed E-state index contributed by atoms with van der Waals surface area (Å²) >= 11 is 0. The maximum Gasteiger partial charge on any atom is 0.270 e. The van der Waals surface area contributed by atoms with Crippen molar-refractivity contribution < 1.29 is 9.59 Å². The highest BCUT2D eigenvalue weighted by atomic mass is 16.2. The van der Waals surface area contributed by atoms with Gasteiger partial charge in [-0.1, -0.05) is 42.8 Å². The van der Waals surface area contributed by atoms with Gasteiger partial charge in [0, 0.05) is 24.8 Å². The van der Waals surface area contributed by atoms with Crippen molar-refractivity contribution in [1.82, 2.24) is 15.2 Å². The van der Waals surface area contributed by atoms with Gasteiger partial charge in [0.1, 0.15) is 5.69 Å². The van der Waals surface area contributed by atoms with Crippen molar-refractivity contribution >= 4 is 11.8 Å². The third-order valence-corrected chi connectivity index (χ3v) is 6.12. The molecule has 1 aliphatic heterocycles. The highest BCUT2D eigenvalue weighted by Crippen LogP contribution is 2.45. The average molecular weight is 377 g/mol. The zero-order chi connectivity index (χ0) is 19.6. The highest BCUT2D eigenvalue weighted by molar-refractivity contribution is 5.92. The van der Waals surface area contributed by atoms with E-state index in [0.29, 0.717) is 12.2 Å². The maximum absolute atomic E-state index is 13.2. The monoisotopic (exact) mass is 377 g/mol. The van der Waals surface area contributed by atoms with E-state index < -0.39 is 0 Å². The number of hydrogen-bond acceptors (Lipinski definition) is 3. The summed E-state index contributed by atoms with van der Waals surface area (Å²) in [5.74, 6) is 0.112. The minimum absolute atomic E-state index is 0.0317. The number of nitrogens with zero attached hydrogens (tertiary/aromatic N) is 2. The van der Waals surface area contributed by atoms with Crippen LogP contribution in [0.3, 0.4) is 0 Å². The third-order valence-electron chi connectivity index (χ3n) is 6.12. The van der Waals surface area contributed by atoms with Crippen LogP contribution in [-0.2, 0) is 11.3 Å². The topological polar surface area (TPSA) is 62.3 Å². The van der Waals surface area contributed by atoms with Crippen molar-refractivity contribution in [3.8, 4) is 0 Å². The molecule has 2 heterocycles. The number of aromatic nitrogens is 1. The Balaban J connectivity index is 1.41. The van der Waals surface area contributed by atoms with Crippen LogP contribution in [0, 0.1) is 12.3 Å². The van der Waals surface area contributed by atoms with E-state index in [2.05, 4.69) is 22.4 Å².